The Kier molecular flexibility index (Phi) is 2.81. The number of rotatable bonds is 1. The topological polar surface area (TPSA) is 45.2 Å². The van der Waals surface area contributed by atoms with E-state index in [9.17, 15) is 4.79 Å². The lowest BCUT2D eigenvalue weighted by molar-refractivity contribution is -0.119. The summed E-state index contributed by atoms with van der Waals surface area (Å²) < 4.78 is 0. The average Bonchev–Trinajstić information content (AvgIpc) is 2.36. The van der Waals surface area contributed by atoms with Gasteiger partial charge in [0.15, 0.2) is 5.82 Å². The molecule has 1 amide bonds. The third-order valence-corrected chi connectivity index (χ3v) is 2.88. The lowest BCUT2D eigenvalue weighted by Gasteiger charge is -2.22. The Hall–Kier alpha value is -1.58. The van der Waals surface area contributed by atoms with Crippen LogP contribution < -0.4 is 10.2 Å². The SMILES string of the molecule is CCN1CC(C)C(=O)Nc2cc(C)cnc21. The van der Waals surface area contributed by atoms with E-state index in [1.807, 2.05) is 26.1 Å². The molecule has 1 aliphatic heterocycles. The van der Waals surface area contributed by atoms with Crippen LogP contribution in [0.4, 0.5) is 11.5 Å². The second kappa shape index (κ2) is 4.12. The molecule has 1 unspecified atom stereocenters. The summed E-state index contributed by atoms with van der Waals surface area (Å²) in [5.41, 5.74) is 1.89. The summed E-state index contributed by atoms with van der Waals surface area (Å²) in [7, 11) is 0. The number of nitrogens with zero attached hydrogens (tertiary/aromatic N) is 2. The van der Waals surface area contributed by atoms with Crippen molar-refractivity contribution < 1.29 is 4.79 Å². The number of pyridine rings is 1. The summed E-state index contributed by atoms with van der Waals surface area (Å²) in [5, 5.41) is 2.93. The Labute approximate surface area is 95.7 Å². The van der Waals surface area contributed by atoms with Crippen LogP contribution in [0.25, 0.3) is 0 Å². The van der Waals surface area contributed by atoms with E-state index >= 15 is 0 Å². The summed E-state index contributed by atoms with van der Waals surface area (Å²) in [6.45, 7) is 7.59. The van der Waals surface area contributed by atoms with Crippen LogP contribution in [-0.4, -0.2) is 24.0 Å². The number of hydrogen-bond acceptors (Lipinski definition) is 3. The van der Waals surface area contributed by atoms with Crippen molar-refractivity contribution in [1.82, 2.24) is 4.98 Å². The van der Waals surface area contributed by atoms with Gasteiger partial charge in [0.1, 0.15) is 0 Å². The highest BCUT2D eigenvalue weighted by molar-refractivity contribution is 5.96. The van der Waals surface area contributed by atoms with Gasteiger partial charge in [0.05, 0.1) is 11.6 Å². The molecule has 1 atom stereocenters. The van der Waals surface area contributed by atoms with Crippen molar-refractivity contribution in [2.24, 2.45) is 5.92 Å². The van der Waals surface area contributed by atoms with Crippen LogP contribution in [0, 0.1) is 12.8 Å². The Morgan fingerprint density at radius 1 is 1.62 bits per heavy atom. The minimum atomic E-state index is -0.00513. The van der Waals surface area contributed by atoms with Gasteiger partial charge >= 0.3 is 0 Å². The van der Waals surface area contributed by atoms with E-state index in [0.717, 1.165) is 30.2 Å². The molecule has 0 spiro atoms. The first-order chi connectivity index (χ1) is 7.61. The average molecular weight is 219 g/mol. The molecule has 0 fully saturated rings. The lowest BCUT2D eigenvalue weighted by atomic mass is 10.1. The zero-order valence-corrected chi connectivity index (χ0v) is 9.95. The smallest absolute Gasteiger partial charge is 0.229 e. The minimum absolute atomic E-state index is 0.00513. The van der Waals surface area contributed by atoms with Gasteiger partial charge in [-0.2, -0.15) is 0 Å². The van der Waals surface area contributed by atoms with E-state index in [1.165, 1.54) is 0 Å². The number of aromatic nitrogens is 1. The first kappa shape index (κ1) is 10.9. The van der Waals surface area contributed by atoms with Gasteiger partial charge in [0.25, 0.3) is 0 Å². The Morgan fingerprint density at radius 3 is 3.06 bits per heavy atom. The maximum absolute atomic E-state index is 11.8. The van der Waals surface area contributed by atoms with Gasteiger partial charge in [-0.15, -0.1) is 0 Å². The van der Waals surface area contributed by atoms with Crippen molar-refractivity contribution in [3.05, 3.63) is 17.8 Å². The van der Waals surface area contributed by atoms with Crippen molar-refractivity contribution in [3.63, 3.8) is 0 Å². The standard InChI is InChI=1S/C12H17N3O/c1-4-15-7-9(3)12(16)14-10-5-8(2)6-13-11(10)15/h5-6,9H,4,7H2,1-3H3,(H,14,16). The van der Waals surface area contributed by atoms with Gasteiger partial charge in [-0.1, -0.05) is 6.92 Å². The molecule has 1 N–H and O–H groups in total. The minimum Gasteiger partial charge on any atom is -0.354 e. The quantitative estimate of drug-likeness (QED) is 0.783. The summed E-state index contributed by atoms with van der Waals surface area (Å²) >= 11 is 0. The molecule has 0 aromatic carbocycles. The molecule has 4 nitrogen and oxygen atoms in total. The number of carbonyl (C=O) groups excluding carboxylic acids is 1. The lowest BCUT2D eigenvalue weighted by Crippen LogP contribution is -2.30. The maximum Gasteiger partial charge on any atom is 0.229 e. The van der Waals surface area contributed by atoms with Crippen molar-refractivity contribution in [3.8, 4) is 0 Å². The van der Waals surface area contributed by atoms with E-state index in [1.54, 1.807) is 0 Å². The number of nitrogens with one attached hydrogen (secondary N) is 1. The fourth-order valence-corrected chi connectivity index (χ4v) is 1.94. The predicted molar refractivity (Wildman–Crippen MR) is 64.7 cm³/mol. The van der Waals surface area contributed by atoms with Crippen LogP contribution in [0.3, 0.4) is 0 Å². The van der Waals surface area contributed by atoms with E-state index in [-0.39, 0.29) is 11.8 Å². The molecule has 0 radical (unpaired) electrons. The second-order valence-electron chi connectivity index (χ2n) is 4.31. The normalized spacial score (nSPS) is 20.1. The zero-order valence-electron chi connectivity index (χ0n) is 9.95. The van der Waals surface area contributed by atoms with Crippen LogP contribution >= 0.6 is 0 Å². The van der Waals surface area contributed by atoms with Gasteiger partial charge in [0, 0.05) is 19.3 Å². The van der Waals surface area contributed by atoms with Gasteiger partial charge in [0.2, 0.25) is 5.91 Å². The third kappa shape index (κ3) is 1.87. The van der Waals surface area contributed by atoms with Gasteiger partial charge in [-0.25, -0.2) is 4.98 Å². The highest BCUT2D eigenvalue weighted by atomic mass is 16.1. The number of carbonyl (C=O) groups is 1. The summed E-state index contributed by atoms with van der Waals surface area (Å²) in [6, 6.07) is 1.97. The van der Waals surface area contributed by atoms with E-state index < -0.39 is 0 Å². The third-order valence-electron chi connectivity index (χ3n) is 2.88. The van der Waals surface area contributed by atoms with Crippen LogP contribution in [-0.2, 0) is 4.79 Å². The Bertz CT molecular complexity index is 417. The molecule has 0 bridgehead atoms. The molecular formula is C12H17N3O. The molecule has 2 rings (SSSR count). The second-order valence-corrected chi connectivity index (χ2v) is 4.31. The van der Waals surface area contributed by atoms with Gasteiger partial charge < -0.3 is 10.2 Å². The largest absolute Gasteiger partial charge is 0.354 e. The molecule has 0 aliphatic carbocycles. The molecule has 0 saturated carbocycles. The maximum atomic E-state index is 11.8. The molecular weight excluding hydrogens is 202 g/mol. The monoisotopic (exact) mass is 219 g/mol. The fraction of sp³-hybridized carbons (Fsp3) is 0.500. The predicted octanol–water partition coefficient (Wildman–Crippen LogP) is 1.80. The van der Waals surface area contributed by atoms with E-state index in [2.05, 4.69) is 22.1 Å². The van der Waals surface area contributed by atoms with E-state index in [0.29, 0.717) is 0 Å². The van der Waals surface area contributed by atoms with Crippen molar-refractivity contribution >= 4 is 17.4 Å². The van der Waals surface area contributed by atoms with Crippen LogP contribution in [0.15, 0.2) is 12.3 Å². The zero-order chi connectivity index (χ0) is 11.7. The number of aryl methyl sites for hydroxylation is 1. The van der Waals surface area contributed by atoms with Gasteiger partial charge in [-0.05, 0) is 25.5 Å². The summed E-state index contributed by atoms with van der Waals surface area (Å²) in [6.07, 6.45) is 1.84. The number of amides is 1. The van der Waals surface area contributed by atoms with Crippen molar-refractivity contribution in [2.75, 3.05) is 23.3 Å². The van der Waals surface area contributed by atoms with Crippen LogP contribution in [0.1, 0.15) is 19.4 Å². The van der Waals surface area contributed by atoms with Crippen molar-refractivity contribution in [2.45, 2.75) is 20.8 Å². The highest BCUT2D eigenvalue weighted by Crippen LogP contribution is 2.28. The molecule has 2 heterocycles. The molecule has 1 aromatic rings. The highest BCUT2D eigenvalue weighted by Gasteiger charge is 2.24. The molecule has 86 valence electrons. The summed E-state index contributed by atoms with van der Waals surface area (Å²) in [4.78, 5) is 18.3. The number of hydrogen-bond donors (Lipinski definition) is 1. The first-order valence-corrected chi connectivity index (χ1v) is 5.64. The number of fused-ring (bicyclic) bond motifs is 1. The molecule has 0 saturated heterocycles. The number of anilines is 2. The Morgan fingerprint density at radius 2 is 2.38 bits per heavy atom. The van der Waals surface area contributed by atoms with Crippen molar-refractivity contribution in [1.29, 1.82) is 0 Å². The van der Waals surface area contributed by atoms with Crippen LogP contribution in [0.5, 0.6) is 0 Å². The Balaban J connectivity index is 2.46. The fourth-order valence-electron chi connectivity index (χ4n) is 1.94. The molecule has 1 aromatic heterocycles. The summed E-state index contributed by atoms with van der Waals surface area (Å²) in [5.74, 6) is 0.949. The first-order valence-electron chi connectivity index (χ1n) is 5.64. The van der Waals surface area contributed by atoms with Gasteiger partial charge in [-0.3, -0.25) is 4.79 Å². The molecule has 4 heteroatoms. The molecule has 16 heavy (non-hydrogen) atoms. The van der Waals surface area contributed by atoms with Crippen LogP contribution in [0.2, 0.25) is 0 Å². The van der Waals surface area contributed by atoms with E-state index in [4.69, 9.17) is 0 Å². The molecule has 1 aliphatic rings.